The minimum atomic E-state index is -3.99. The molecule has 13 heteroatoms. The number of nitro benzene ring substituents is 1. The number of nitro groups is 1. The molecule has 33 heavy (non-hydrogen) atoms. The summed E-state index contributed by atoms with van der Waals surface area (Å²) in [6.07, 6.45) is -0.274. The minimum Gasteiger partial charge on any atom is -0.355 e. The Kier molecular flexibility index (Phi) is 7.35. The Hall–Kier alpha value is -3.84. The fraction of sp³-hybridized carbons (Fsp3) is 0.250. The quantitative estimate of drug-likeness (QED) is 0.273. The lowest BCUT2D eigenvalue weighted by atomic mass is 10.1. The lowest BCUT2D eigenvalue weighted by Crippen LogP contribution is -2.42. The van der Waals surface area contributed by atoms with Crippen molar-refractivity contribution in [2.75, 3.05) is 29.9 Å². The number of non-ortho nitro benzene ring substituents is 1. The molecule has 2 aromatic rings. The molecule has 1 aliphatic heterocycles. The van der Waals surface area contributed by atoms with E-state index >= 15 is 0 Å². The van der Waals surface area contributed by atoms with Crippen LogP contribution in [0.15, 0.2) is 53.4 Å². The van der Waals surface area contributed by atoms with Crippen molar-refractivity contribution in [1.29, 1.82) is 0 Å². The second-order valence-electron chi connectivity index (χ2n) is 7.05. The molecule has 174 valence electrons. The van der Waals surface area contributed by atoms with Crippen molar-refractivity contribution in [2.45, 2.75) is 17.7 Å². The van der Waals surface area contributed by atoms with Crippen LogP contribution in [0.2, 0.25) is 0 Å². The highest BCUT2D eigenvalue weighted by atomic mass is 32.2. The highest BCUT2D eigenvalue weighted by Gasteiger charge is 2.26. The summed E-state index contributed by atoms with van der Waals surface area (Å²) in [5, 5.41) is 16.0. The average molecular weight is 475 g/mol. The number of rotatable bonds is 9. The number of nitrogens with one attached hydrogen (secondary N) is 3. The molecule has 1 aliphatic rings. The Morgan fingerprint density at radius 3 is 2.61 bits per heavy atom. The van der Waals surface area contributed by atoms with Crippen LogP contribution in [0.1, 0.15) is 12.8 Å². The lowest BCUT2D eigenvalue weighted by Gasteiger charge is -2.29. The van der Waals surface area contributed by atoms with Gasteiger partial charge in [-0.1, -0.05) is 18.2 Å². The maximum Gasteiger partial charge on any atom is 0.270 e. The number of amides is 3. The molecule has 1 heterocycles. The summed E-state index contributed by atoms with van der Waals surface area (Å²) in [6, 6.07) is 11.4. The number of fused-ring (bicyclic) bond motifs is 1. The zero-order valence-electron chi connectivity index (χ0n) is 17.3. The maximum absolute atomic E-state index is 12.5. The molecule has 12 nitrogen and oxygen atoms in total. The Bertz CT molecular complexity index is 1200. The Morgan fingerprint density at radius 1 is 1.09 bits per heavy atom. The molecular weight excluding hydrogens is 454 g/mol. The van der Waals surface area contributed by atoms with Crippen molar-refractivity contribution in [3.8, 4) is 0 Å². The summed E-state index contributed by atoms with van der Waals surface area (Å²) < 4.78 is 26.7. The summed E-state index contributed by atoms with van der Waals surface area (Å²) in [7, 11) is -3.99. The third-order valence-electron chi connectivity index (χ3n) is 4.72. The molecule has 0 aromatic heterocycles. The van der Waals surface area contributed by atoms with Gasteiger partial charge in [0.05, 0.1) is 21.2 Å². The van der Waals surface area contributed by atoms with Crippen molar-refractivity contribution < 1.29 is 27.7 Å². The monoisotopic (exact) mass is 475 g/mol. The molecular formula is C20H21N5O7S. The van der Waals surface area contributed by atoms with Crippen molar-refractivity contribution in [3.63, 3.8) is 0 Å². The number of hydrogen-bond donors (Lipinski definition) is 3. The number of hydrogen-bond acceptors (Lipinski definition) is 7. The van der Waals surface area contributed by atoms with E-state index < -0.39 is 20.9 Å². The molecule has 0 spiro atoms. The van der Waals surface area contributed by atoms with Crippen LogP contribution in [0.5, 0.6) is 0 Å². The Balaban J connectivity index is 1.45. The van der Waals surface area contributed by atoms with E-state index in [0.717, 1.165) is 6.07 Å². The zero-order valence-corrected chi connectivity index (χ0v) is 18.1. The van der Waals surface area contributed by atoms with Gasteiger partial charge >= 0.3 is 0 Å². The van der Waals surface area contributed by atoms with Crippen LogP contribution in [-0.4, -0.2) is 50.7 Å². The zero-order chi connectivity index (χ0) is 24.0. The molecule has 0 unspecified atom stereocenters. The molecule has 0 atom stereocenters. The summed E-state index contributed by atoms with van der Waals surface area (Å²) in [5.41, 5.74) is 0.713. The largest absolute Gasteiger partial charge is 0.355 e. The Morgan fingerprint density at radius 2 is 1.85 bits per heavy atom. The van der Waals surface area contributed by atoms with Crippen LogP contribution in [0.3, 0.4) is 0 Å². The van der Waals surface area contributed by atoms with Crippen molar-refractivity contribution in [3.05, 3.63) is 58.6 Å². The number of para-hydroxylation sites is 2. The van der Waals surface area contributed by atoms with Gasteiger partial charge in [-0.2, -0.15) is 0 Å². The normalized spacial score (nSPS) is 13.1. The van der Waals surface area contributed by atoms with E-state index in [0.29, 0.717) is 11.4 Å². The van der Waals surface area contributed by atoms with E-state index in [-0.39, 0.29) is 54.9 Å². The van der Waals surface area contributed by atoms with Crippen molar-refractivity contribution >= 4 is 44.8 Å². The van der Waals surface area contributed by atoms with Gasteiger partial charge in [-0.25, -0.2) is 13.1 Å². The third-order valence-corrected chi connectivity index (χ3v) is 6.17. The molecule has 0 bridgehead atoms. The minimum absolute atomic E-state index is 0.0455. The van der Waals surface area contributed by atoms with Gasteiger partial charge in [0, 0.05) is 38.1 Å². The second-order valence-corrected chi connectivity index (χ2v) is 8.81. The molecule has 0 fully saturated rings. The molecule has 3 rings (SSSR count). The molecule has 0 aliphatic carbocycles. The first-order valence-electron chi connectivity index (χ1n) is 9.87. The summed E-state index contributed by atoms with van der Waals surface area (Å²) >= 11 is 0. The highest BCUT2D eigenvalue weighted by molar-refractivity contribution is 7.89. The highest BCUT2D eigenvalue weighted by Crippen LogP contribution is 2.29. The van der Waals surface area contributed by atoms with Crippen LogP contribution in [0, 0.1) is 10.1 Å². The van der Waals surface area contributed by atoms with Crippen LogP contribution in [0.4, 0.5) is 17.1 Å². The topological polar surface area (TPSA) is 168 Å². The SMILES string of the molecule is O=C(CCC(=O)N1CC(=O)Nc2ccccc21)NCCNS(=O)(=O)c1cccc([N+](=O)[O-])c1. The average Bonchev–Trinajstić information content (AvgIpc) is 2.79. The van der Waals surface area contributed by atoms with E-state index in [1.807, 2.05) is 0 Å². The van der Waals surface area contributed by atoms with Crippen LogP contribution in [-0.2, 0) is 24.4 Å². The first-order valence-corrected chi connectivity index (χ1v) is 11.4. The maximum atomic E-state index is 12.5. The number of sulfonamides is 1. The fourth-order valence-corrected chi connectivity index (χ4v) is 4.21. The van der Waals surface area contributed by atoms with Gasteiger partial charge in [-0.15, -0.1) is 0 Å². The Labute approximate surface area is 189 Å². The molecule has 0 radical (unpaired) electrons. The number of carbonyl (C=O) groups is 3. The van der Waals surface area contributed by atoms with Gasteiger partial charge in [-0.05, 0) is 18.2 Å². The van der Waals surface area contributed by atoms with E-state index in [1.54, 1.807) is 24.3 Å². The van der Waals surface area contributed by atoms with E-state index in [1.165, 1.54) is 23.1 Å². The van der Waals surface area contributed by atoms with Gasteiger partial charge in [0.15, 0.2) is 0 Å². The van der Waals surface area contributed by atoms with Crippen molar-refractivity contribution in [2.24, 2.45) is 0 Å². The summed E-state index contributed by atoms with van der Waals surface area (Å²) in [4.78, 5) is 47.5. The fourth-order valence-electron chi connectivity index (χ4n) is 3.13. The molecule has 0 saturated heterocycles. The predicted octanol–water partition coefficient (Wildman–Crippen LogP) is 0.755. The van der Waals surface area contributed by atoms with Gasteiger partial charge in [0.1, 0.15) is 6.54 Å². The number of anilines is 2. The molecule has 2 aromatic carbocycles. The van der Waals surface area contributed by atoms with Crippen LogP contribution >= 0.6 is 0 Å². The van der Waals surface area contributed by atoms with Gasteiger partial charge < -0.3 is 15.5 Å². The lowest BCUT2D eigenvalue weighted by molar-refractivity contribution is -0.385. The summed E-state index contributed by atoms with van der Waals surface area (Å²) in [6.45, 7) is -0.336. The van der Waals surface area contributed by atoms with E-state index in [2.05, 4.69) is 15.4 Å². The van der Waals surface area contributed by atoms with E-state index in [4.69, 9.17) is 0 Å². The first-order chi connectivity index (χ1) is 15.7. The van der Waals surface area contributed by atoms with Gasteiger partial charge in [-0.3, -0.25) is 24.5 Å². The van der Waals surface area contributed by atoms with Crippen molar-refractivity contribution in [1.82, 2.24) is 10.0 Å². The summed E-state index contributed by atoms with van der Waals surface area (Å²) in [5.74, 6) is -1.19. The third kappa shape index (κ3) is 6.11. The van der Waals surface area contributed by atoms with E-state index in [9.17, 15) is 32.9 Å². The van der Waals surface area contributed by atoms with Gasteiger partial charge in [0.2, 0.25) is 27.7 Å². The van der Waals surface area contributed by atoms with Crippen LogP contribution in [0.25, 0.3) is 0 Å². The number of nitrogens with zero attached hydrogens (tertiary/aromatic N) is 2. The molecule has 3 amide bonds. The first kappa shape index (κ1) is 23.8. The van der Waals surface area contributed by atoms with Crippen LogP contribution < -0.4 is 20.3 Å². The predicted molar refractivity (Wildman–Crippen MR) is 118 cm³/mol. The standard InChI is InChI=1S/C20H21N5O7S/c26-18(8-9-20(28)24-13-19(27)23-16-6-1-2-7-17(16)24)21-10-11-22-33(31,32)15-5-3-4-14(12-15)25(29)30/h1-7,12,22H,8-11,13H2,(H,21,26)(H,23,27). The van der Waals surface area contributed by atoms with Gasteiger partial charge in [0.25, 0.3) is 5.69 Å². The molecule has 0 saturated carbocycles. The number of carbonyl (C=O) groups excluding carboxylic acids is 3. The molecule has 3 N–H and O–H groups in total. The number of benzene rings is 2. The smallest absolute Gasteiger partial charge is 0.270 e. The second kappa shape index (κ2) is 10.2.